The van der Waals surface area contributed by atoms with Crippen molar-refractivity contribution in [2.75, 3.05) is 6.54 Å². The molecule has 0 aliphatic rings. The lowest BCUT2D eigenvalue weighted by molar-refractivity contribution is -0.123. The topological polar surface area (TPSA) is 72.9 Å². The average Bonchev–Trinajstić information content (AvgIpc) is 2.66. The van der Waals surface area contributed by atoms with Crippen LogP contribution in [0.5, 0.6) is 0 Å². The van der Waals surface area contributed by atoms with Gasteiger partial charge in [-0.15, -0.1) is 0 Å². The molecule has 0 unspecified atom stereocenters. The van der Waals surface area contributed by atoms with Crippen LogP contribution >= 0.6 is 0 Å². The predicted octanol–water partition coefficient (Wildman–Crippen LogP) is 1.45. The van der Waals surface area contributed by atoms with E-state index in [0.717, 1.165) is 16.9 Å². The van der Waals surface area contributed by atoms with Gasteiger partial charge in [0.2, 0.25) is 5.91 Å². The van der Waals surface area contributed by atoms with Crippen LogP contribution in [0.4, 0.5) is 0 Å². The van der Waals surface area contributed by atoms with E-state index in [-0.39, 0.29) is 18.0 Å². The molecular weight excluding hydrogens is 252 g/mol. The highest BCUT2D eigenvalue weighted by Gasteiger charge is 2.17. The number of rotatable bonds is 4. The van der Waals surface area contributed by atoms with E-state index in [1.54, 1.807) is 0 Å². The van der Waals surface area contributed by atoms with Gasteiger partial charge in [-0.25, -0.2) is 4.98 Å². The average molecular weight is 274 g/mol. The van der Waals surface area contributed by atoms with E-state index < -0.39 is 0 Å². The van der Waals surface area contributed by atoms with Crippen molar-refractivity contribution in [1.82, 2.24) is 14.9 Å². The molecule has 0 radical (unpaired) electrons. The van der Waals surface area contributed by atoms with Crippen molar-refractivity contribution in [1.29, 1.82) is 0 Å². The zero-order chi connectivity index (χ0) is 14.8. The zero-order valence-electron chi connectivity index (χ0n) is 12.3. The third kappa shape index (κ3) is 3.36. The third-order valence-corrected chi connectivity index (χ3v) is 2.92. The number of imidazole rings is 1. The summed E-state index contributed by atoms with van der Waals surface area (Å²) in [6, 6.07) is 7.83. The number of hydrogen-bond donors (Lipinski definition) is 2. The molecule has 20 heavy (non-hydrogen) atoms. The third-order valence-electron chi connectivity index (χ3n) is 2.92. The summed E-state index contributed by atoms with van der Waals surface area (Å²) in [6.45, 7) is 6.70. The van der Waals surface area contributed by atoms with Crippen molar-refractivity contribution >= 4 is 16.9 Å². The summed E-state index contributed by atoms with van der Waals surface area (Å²) < 4.78 is 1.95. The maximum absolute atomic E-state index is 12.1. The Balaban J connectivity index is 2.31. The lowest BCUT2D eigenvalue weighted by Crippen LogP contribution is -2.42. The SMILES string of the molecule is CC(C)(C)NC(=O)Cn1c(CCN)nc2ccccc21. The van der Waals surface area contributed by atoms with Gasteiger partial charge in [0.25, 0.3) is 0 Å². The van der Waals surface area contributed by atoms with Crippen LogP contribution in [-0.4, -0.2) is 27.5 Å². The second-order valence-electron chi connectivity index (χ2n) is 5.94. The van der Waals surface area contributed by atoms with Crippen molar-refractivity contribution in [2.45, 2.75) is 39.3 Å². The fraction of sp³-hybridized carbons (Fsp3) is 0.467. The number of fused-ring (bicyclic) bond motifs is 1. The number of benzene rings is 1. The van der Waals surface area contributed by atoms with Crippen molar-refractivity contribution in [3.63, 3.8) is 0 Å². The number of nitrogens with one attached hydrogen (secondary N) is 1. The van der Waals surface area contributed by atoms with Crippen LogP contribution in [-0.2, 0) is 17.8 Å². The standard InChI is InChI=1S/C15H22N4O/c1-15(2,3)18-14(20)10-19-12-7-5-4-6-11(12)17-13(19)8-9-16/h4-7H,8-10,16H2,1-3H3,(H,18,20). The molecule has 0 spiro atoms. The van der Waals surface area contributed by atoms with E-state index >= 15 is 0 Å². The van der Waals surface area contributed by atoms with Crippen molar-refractivity contribution < 1.29 is 4.79 Å². The Morgan fingerprint density at radius 1 is 1.35 bits per heavy atom. The highest BCUT2D eigenvalue weighted by molar-refractivity contribution is 5.81. The van der Waals surface area contributed by atoms with Crippen LogP contribution in [0.25, 0.3) is 11.0 Å². The number of para-hydroxylation sites is 2. The van der Waals surface area contributed by atoms with Crippen molar-refractivity contribution in [3.8, 4) is 0 Å². The Kier molecular flexibility index (Phi) is 4.09. The molecule has 0 saturated carbocycles. The summed E-state index contributed by atoms with van der Waals surface area (Å²) in [5.74, 6) is 0.844. The first-order chi connectivity index (χ1) is 9.40. The molecule has 1 aromatic carbocycles. The summed E-state index contributed by atoms with van der Waals surface area (Å²) >= 11 is 0. The van der Waals surface area contributed by atoms with Gasteiger partial charge in [-0.05, 0) is 39.4 Å². The Bertz CT molecular complexity index is 610. The van der Waals surface area contributed by atoms with Crippen LogP contribution in [0.3, 0.4) is 0 Å². The van der Waals surface area contributed by atoms with E-state index in [1.807, 2.05) is 49.6 Å². The van der Waals surface area contributed by atoms with Crippen LogP contribution in [0.1, 0.15) is 26.6 Å². The van der Waals surface area contributed by atoms with Gasteiger partial charge in [0.1, 0.15) is 12.4 Å². The molecule has 1 aromatic heterocycles. The Labute approximate surface area is 119 Å². The lowest BCUT2D eigenvalue weighted by atomic mass is 10.1. The number of carbonyl (C=O) groups is 1. The zero-order valence-corrected chi connectivity index (χ0v) is 12.3. The minimum atomic E-state index is -0.235. The van der Waals surface area contributed by atoms with E-state index in [2.05, 4.69) is 10.3 Å². The predicted molar refractivity (Wildman–Crippen MR) is 80.4 cm³/mol. The summed E-state index contributed by atoms with van der Waals surface area (Å²) in [5, 5.41) is 2.97. The van der Waals surface area contributed by atoms with Gasteiger partial charge in [0.05, 0.1) is 11.0 Å². The molecule has 3 N–H and O–H groups in total. The molecule has 0 atom stereocenters. The maximum Gasteiger partial charge on any atom is 0.240 e. The molecule has 0 saturated heterocycles. The highest BCUT2D eigenvalue weighted by atomic mass is 16.2. The number of nitrogens with two attached hydrogens (primary N) is 1. The fourth-order valence-corrected chi connectivity index (χ4v) is 2.22. The van der Waals surface area contributed by atoms with Crippen LogP contribution in [0.2, 0.25) is 0 Å². The second kappa shape index (κ2) is 5.63. The molecule has 0 fully saturated rings. The normalized spacial score (nSPS) is 11.8. The Morgan fingerprint density at radius 2 is 2.05 bits per heavy atom. The van der Waals surface area contributed by atoms with E-state index in [1.165, 1.54) is 0 Å². The molecular formula is C15H22N4O. The van der Waals surface area contributed by atoms with Crippen LogP contribution < -0.4 is 11.1 Å². The lowest BCUT2D eigenvalue weighted by Gasteiger charge is -2.21. The van der Waals surface area contributed by atoms with Gasteiger partial charge in [-0.1, -0.05) is 12.1 Å². The summed E-state index contributed by atoms with van der Waals surface area (Å²) in [7, 11) is 0. The molecule has 5 nitrogen and oxygen atoms in total. The first-order valence-corrected chi connectivity index (χ1v) is 6.86. The molecule has 0 aliphatic heterocycles. The van der Waals surface area contributed by atoms with Gasteiger partial charge in [-0.2, -0.15) is 0 Å². The van der Waals surface area contributed by atoms with Crippen molar-refractivity contribution in [2.24, 2.45) is 5.73 Å². The van der Waals surface area contributed by atoms with Gasteiger partial charge in [-0.3, -0.25) is 4.79 Å². The summed E-state index contributed by atoms with van der Waals surface area (Å²) in [5.41, 5.74) is 7.27. The number of amides is 1. The molecule has 0 aliphatic carbocycles. The van der Waals surface area contributed by atoms with Gasteiger partial charge >= 0.3 is 0 Å². The van der Waals surface area contributed by atoms with Gasteiger partial charge in [0, 0.05) is 12.0 Å². The Hall–Kier alpha value is -1.88. The smallest absolute Gasteiger partial charge is 0.240 e. The minimum Gasteiger partial charge on any atom is -0.350 e. The molecule has 108 valence electrons. The first-order valence-electron chi connectivity index (χ1n) is 6.86. The Morgan fingerprint density at radius 3 is 2.70 bits per heavy atom. The minimum absolute atomic E-state index is 0.0149. The van der Waals surface area contributed by atoms with Crippen LogP contribution in [0.15, 0.2) is 24.3 Å². The molecule has 2 rings (SSSR count). The molecule has 1 heterocycles. The number of nitrogens with zero attached hydrogens (tertiary/aromatic N) is 2. The summed E-state index contributed by atoms with van der Waals surface area (Å²) in [4.78, 5) is 16.7. The highest BCUT2D eigenvalue weighted by Crippen LogP contribution is 2.16. The van der Waals surface area contributed by atoms with E-state index in [9.17, 15) is 4.79 Å². The fourth-order valence-electron chi connectivity index (χ4n) is 2.22. The molecule has 0 bridgehead atoms. The van der Waals surface area contributed by atoms with Gasteiger partial charge < -0.3 is 15.6 Å². The number of aromatic nitrogens is 2. The van der Waals surface area contributed by atoms with Crippen molar-refractivity contribution in [3.05, 3.63) is 30.1 Å². The largest absolute Gasteiger partial charge is 0.350 e. The molecule has 2 aromatic rings. The maximum atomic E-state index is 12.1. The quantitative estimate of drug-likeness (QED) is 0.886. The van der Waals surface area contributed by atoms with E-state index in [4.69, 9.17) is 5.73 Å². The van der Waals surface area contributed by atoms with Gasteiger partial charge in [0.15, 0.2) is 0 Å². The summed E-state index contributed by atoms with van der Waals surface area (Å²) in [6.07, 6.45) is 0.664. The molecule has 5 heteroatoms. The first kappa shape index (κ1) is 14.5. The van der Waals surface area contributed by atoms with E-state index in [0.29, 0.717) is 13.0 Å². The number of carbonyl (C=O) groups excluding carboxylic acids is 1. The van der Waals surface area contributed by atoms with Crippen LogP contribution in [0, 0.1) is 0 Å². The molecule has 1 amide bonds. The monoisotopic (exact) mass is 274 g/mol. The number of hydrogen-bond acceptors (Lipinski definition) is 3. The second-order valence-corrected chi connectivity index (χ2v) is 5.94.